The molecule has 3 aromatic carbocycles. The van der Waals surface area contributed by atoms with E-state index in [9.17, 15) is 13.6 Å². The molecule has 4 nitrogen and oxygen atoms in total. The molecule has 0 spiro atoms. The summed E-state index contributed by atoms with van der Waals surface area (Å²) in [6.45, 7) is 1.85. The fourth-order valence-corrected chi connectivity index (χ4v) is 5.91. The molecule has 4 N–H and O–H groups in total. The molecule has 1 saturated carbocycles. The Hall–Kier alpha value is -3.09. The molecule has 188 valence electrons. The van der Waals surface area contributed by atoms with Crippen LogP contribution < -0.4 is 16.4 Å². The van der Waals surface area contributed by atoms with E-state index in [-0.39, 0.29) is 18.4 Å². The van der Waals surface area contributed by atoms with Crippen molar-refractivity contribution in [1.29, 1.82) is 0 Å². The minimum absolute atomic E-state index is 0.00630. The number of benzene rings is 3. The molecule has 36 heavy (non-hydrogen) atoms. The van der Waals surface area contributed by atoms with Crippen molar-refractivity contribution in [2.75, 3.05) is 6.54 Å². The van der Waals surface area contributed by atoms with Gasteiger partial charge in [0.25, 0.3) is 0 Å². The maximum atomic E-state index is 13.7. The lowest BCUT2D eigenvalue weighted by Crippen LogP contribution is -2.53. The van der Waals surface area contributed by atoms with E-state index in [1.54, 1.807) is 0 Å². The van der Waals surface area contributed by atoms with Gasteiger partial charge in [0.2, 0.25) is 5.91 Å². The lowest BCUT2D eigenvalue weighted by molar-refractivity contribution is -0.119. The number of fused-ring (bicyclic) bond motifs is 3. The summed E-state index contributed by atoms with van der Waals surface area (Å²) in [5, 5.41) is 6.53. The minimum Gasteiger partial charge on any atom is -0.352 e. The maximum Gasteiger partial charge on any atom is 0.217 e. The number of halogens is 2. The van der Waals surface area contributed by atoms with E-state index in [1.165, 1.54) is 72.6 Å². The van der Waals surface area contributed by atoms with Crippen molar-refractivity contribution in [3.05, 3.63) is 94.6 Å². The quantitative estimate of drug-likeness (QED) is 0.399. The van der Waals surface area contributed by atoms with Crippen LogP contribution in [0.1, 0.15) is 66.8 Å². The third-order valence-electron chi connectivity index (χ3n) is 7.62. The summed E-state index contributed by atoms with van der Waals surface area (Å²) in [6.07, 6.45) is 5.30. The standard InChI is InChI=1S/C30H33F2N3O/c1-18(36)35-29(14-19-12-22(31)16-23(32)13-19)28(33)17-34-30-26-9-5-4-8-24(26)25-11-10-21(15-27(25)30)20-6-2-3-7-20/h4-5,8-13,15-16,20,28-30,34H,2-3,6-7,14,17,33H2,1H3,(H,35,36)/t28-,29-,30?/m0/s1. The summed E-state index contributed by atoms with van der Waals surface area (Å²) in [6, 6.07) is 17.8. The zero-order valence-corrected chi connectivity index (χ0v) is 20.6. The van der Waals surface area contributed by atoms with Crippen LogP contribution in [0.25, 0.3) is 11.1 Å². The molecule has 1 unspecified atom stereocenters. The summed E-state index contributed by atoms with van der Waals surface area (Å²) in [7, 11) is 0. The molecule has 2 aliphatic carbocycles. The van der Waals surface area contributed by atoms with Gasteiger partial charge in [0, 0.05) is 31.6 Å². The van der Waals surface area contributed by atoms with Crippen LogP contribution in [0.4, 0.5) is 8.78 Å². The van der Waals surface area contributed by atoms with E-state index in [1.807, 2.05) is 0 Å². The molecule has 3 aromatic rings. The van der Waals surface area contributed by atoms with Gasteiger partial charge in [0.05, 0.1) is 6.04 Å². The average Bonchev–Trinajstić information content (AvgIpc) is 3.48. The van der Waals surface area contributed by atoms with Gasteiger partial charge in [-0.05, 0) is 70.7 Å². The largest absolute Gasteiger partial charge is 0.352 e. The van der Waals surface area contributed by atoms with Gasteiger partial charge in [-0.3, -0.25) is 4.79 Å². The maximum absolute atomic E-state index is 13.7. The van der Waals surface area contributed by atoms with Crippen molar-refractivity contribution in [1.82, 2.24) is 10.6 Å². The van der Waals surface area contributed by atoms with Gasteiger partial charge in [0.1, 0.15) is 11.6 Å². The molecule has 0 aromatic heterocycles. The van der Waals surface area contributed by atoms with Crippen molar-refractivity contribution in [2.45, 2.75) is 63.1 Å². The van der Waals surface area contributed by atoms with Crippen LogP contribution in [0.5, 0.6) is 0 Å². The first kappa shape index (κ1) is 24.6. The third kappa shape index (κ3) is 5.20. The van der Waals surface area contributed by atoms with Gasteiger partial charge >= 0.3 is 0 Å². The van der Waals surface area contributed by atoms with Crippen molar-refractivity contribution in [2.24, 2.45) is 5.73 Å². The molecule has 0 bridgehead atoms. The number of carbonyl (C=O) groups is 1. The zero-order chi connectivity index (χ0) is 25.2. The topological polar surface area (TPSA) is 67.2 Å². The van der Waals surface area contributed by atoms with Crippen LogP contribution in [0.15, 0.2) is 60.7 Å². The molecule has 0 radical (unpaired) electrons. The number of carbonyl (C=O) groups excluding carboxylic acids is 1. The highest BCUT2D eigenvalue weighted by atomic mass is 19.1. The molecule has 0 saturated heterocycles. The number of hydrogen-bond donors (Lipinski definition) is 3. The van der Waals surface area contributed by atoms with Gasteiger partial charge in [-0.1, -0.05) is 55.3 Å². The van der Waals surface area contributed by atoms with Gasteiger partial charge in [-0.15, -0.1) is 0 Å². The molecule has 2 aliphatic rings. The fraction of sp³-hybridized carbons (Fsp3) is 0.367. The van der Waals surface area contributed by atoms with E-state index >= 15 is 0 Å². The smallest absolute Gasteiger partial charge is 0.217 e. The van der Waals surface area contributed by atoms with Gasteiger partial charge < -0.3 is 16.4 Å². The van der Waals surface area contributed by atoms with Crippen LogP contribution in [0.2, 0.25) is 0 Å². The highest BCUT2D eigenvalue weighted by molar-refractivity contribution is 5.79. The Morgan fingerprint density at radius 3 is 2.39 bits per heavy atom. The molecular formula is C30H33F2N3O. The molecule has 6 heteroatoms. The Balaban J connectivity index is 1.37. The fourth-order valence-electron chi connectivity index (χ4n) is 5.91. The van der Waals surface area contributed by atoms with Crippen molar-refractivity contribution in [3.8, 4) is 11.1 Å². The summed E-state index contributed by atoms with van der Waals surface area (Å²) in [4.78, 5) is 11.9. The Labute approximate surface area is 211 Å². The Kier molecular flexibility index (Phi) is 7.17. The predicted octanol–water partition coefficient (Wildman–Crippen LogP) is 5.36. The minimum atomic E-state index is -0.643. The summed E-state index contributed by atoms with van der Waals surface area (Å²) in [5.41, 5.74) is 13.4. The second-order valence-corrected chi connectivity index (χ2v) is 10.2. The number of hydrogen-bond acceptors (Lipinski definition) is 3. The Morgan fingerprint density at radius 1 is 0.972 bits per heavy atom. The summed E-state index contributed by atoms with van der Waals surface area (Å²) < 4.78 is 27.5. The van der Waals surface area contributed by atoms with Crippen LogP contribution >= 0.6 is 0 Å². The monoisotopic (exact) mass is 489 g/mol. The van der Waals surface area contributed by atoms with Crippen molar-refractivity contribution in [3.63, 3.8) is 0 Å². The molecular weight excluding hydrogens is 456 g/mol. The van der Waals surface area contributed by atoms with Crippen LogP contribution in [0.3, 0.4) is 0 Å². The van der Waals surface area contributed by atoms with Crippen LogP contribution in [0, 0.1) is 11.6 Å². The molecule has 5 rings (SSSR count). The molecule has 3 atom stereocenters. The second kappa shape index (κ2) is 10.5. The average molecular weight is 490 g/mol. The number of nitrogens with two attached hydrogens (primary N) is 1. The second-order valence-electron chi connectivity index (χ2n) is 10.2. The number of amides is 1. The lowest BCUT2D eigenvalue weighted by Gasteiger charge is -2.27. The SMILES string of the molecule is CC(=O)N[C@@H](Cc1cc(F)cc(F)c1)[C@@H](N)CNC1c2ccccc2-c2ccc(C3CCCC3)cc21. The third-order valence-corrected chi connectivity index (χ3v) is 7.62. The highest BCUT2D eigenvalue weighted by Crippen LogP contribution is 2.45. The van der Waals surface area contributed by atoms with E-state index in [2.05, 4.69) is 53.1 Å². The van der Waals surface area contributed by atoms with Crippen molar-refractivity contribution >= 4 is 5.91 Å². The van der Waals surface area contributed by atoms with Gasteiger partial charge in [0.15, 0.2) is 0 Å². The lowest BCUT2D eigenvalue weighted by atomic mass is 9.93. The van der Waals surface area contributed by atoms with Crippen LogP contribution in [-0.4, -0.2) is 24.5 Å². The normalized spacial score (nSPS) is 18.5. The van der Waals surface area contributed by atoms with Gasteiger partial charge in [-0.2, -0.15) is 0 Å². The van der Waals surface area contributed by atoms with E-state index in [0.29, 0.717) is 18.0 Å². The van der Waals surface area contributed by atoms with E-state index in [4.69, 9.17) is 5.73 Å². The van der Waals surface area contributed by atoms with Crippen molar-refractivity contribution < 1.29 is 13.6 Å². The molecule has 0 aliphatic heterocycles. The molecule has 0 heterocycles. The van der Waals surface area contributed by atoms with E-state index in [0.717, 1.165) is 6.07 Å². The van der Waals surface area contributed by atoms with Gasteiger partial charge in [-0.25, -0.2) is 8.78 Å². The molecule has 1 fully saturated rings. The predicted molar refractivity (Wildman–Crippen MR) is 139 cm³/mol. The molecule has 1 amide bonds. The number of rotatable bonds is 8. The highest BCUT2D eigenvalue weighted by Gasteiger charge is 2.31. The van der Waals surface area contributed by atoms with E-state index < -0.39 is 23.7 Å². The van der Waals surface area contributed by atoms with Crippen LogP contribution in [-0.2, 0) is 11.2 Å². The Bertz CT molecular complexity index is 1230. The summed E-state index contributed by atoms with van der Waals surface area (Å²) >= 11 is 0. The number of nitrogens with one attached hydrogen (secondary N) is 2. The Morgan fingerprint density at radius 2 is 1.67 bits per heavy atom. The first-order valence-corrected chi connectivity index (χ1v) is 12.8. The zero-order valence-electron chi connectivity index (χ0n) is 20.6. The first-order valence-electron chi connectivity index (χ1n) is 12.8. The summed E-state index contributed by atoms with van der Waals surface area (Å²) in [5.74, 6) is -0.895. The first-order chi connectivity index (χ1) is 17.4.